The monoisotopic (exact) mass is 198 g/mol. The zero-order valence-electron chi connectivity index (χ0n) is 8.31. The minimum absolute atomic E-state index is 0.532. The second-order valence-corrected chi connectivity index (χ2v) is 3.57. The fraction of sp³-hybridized carbons (Fsp3) is 0.154. The van der Waals surface area contributed by atoms with Crippen LogP contribution in [-0.4, -0.2) is 12.3 Å². The fourth-order valence-corrected chi connectivity index (χ4v) is 1.75. The minimum Gasteiger partial charge on any atom is -0.321 e. The van der Waals surface area contributed by atoms with Gasteiger partial charge in [-0.25, -0.2) is 0 Å². The SMILES string of the molecule is NC([C]=O)Cc1cccc2ccccc12. The zero-order valence-corrected chi connectivity index (χ0v) is 8.31. The van der Waals surface area contributed by atoms with E-state index in [2.05, 4.69) is 12.1 Å². The molecule has 2 aromatic carbocycles. The standard InChI is InChI=1S/C13H12NO/c14-12(9-15)8-11-6-3-5-10-4-1-2-7-13(10)11/h1-7,12H,8,14H2. The van der Waals surface area contributed by atoms with E-state index in [0.29, 0.717) is 6.42 Å². The van der Waals surface area contributed by atoms with Gasteiger partial charge in [-0.2, -0.15) is 0 Å². The van der Waals surface area contributed by atoms with Gasteiger partial charge >= 0.3 is 0 Å². The molecule has 0 aliphatic rings. The van der Waals surface area contributed by atoms with Gasteiger partial charge in [-0.15, -0.1) is 0 Å². The number of hydrogen-bond donors (Lipinski definition) is 1. The van der Waals surface area contributed by atoms with Crippen molar-refractivity contribution in [2.24, 2.45) is 5.73 Å². The molecule has 0 bridgehead atoms. The molecule has 0 spiro atoms. The Labute approximate surface area is 88.7 Å². The molecule has 0 fully saturated rings. The summed E-state index contributed by atoms with van der Waals surface area (Å²) in [6, 6.07) is 13.6. The minimum atomic E-state index is -0.532. The summed E-state index contributed by atoms with van der Waals surface area (Å²) in [7, 11) is 0. The summed E-state index contributed by atoms with van der Waals surface area (Å²) >= 11 is 0. The normalized spacial score (nSPS) is 12.6. The lowest BCUT2D eigenvalue weighted by Crippen LogP contribution is -2.24. The molecule has 1 radical (unpaired) electrons. The molecule has 15 heavy (non-hydrogen) atoms. The Balaban J connectivity index is 2.46. The van der Waals surface area contributed by atoms with Crippen LogP contribution in [0.3, 0.4) is 0 Å². The molecule has 2 N–H and O–H groups in total. The molecule has 75 valence electrons. The lowest BCUT2D eigenvalue weighted by atomic mass is 10.00. The lowest BCUT2D eigenvalue weighted by molar-refractivity contribution is 0.541. The molecule has 0 heterocycles. The van der Waals surface area contributed by atoms with Gasteiger partial charge in [0.15, 0.2) is 0 Å². The fourth-order valence-electron chi connectivity index (χ4n) is 1.75. The first-order chi connectivity index (χ1) is 7.31. The van der Waals surface area contributed by atoms with Crippen molar-refractivity contribution in [2.45, 2.75) is 12.5 Å². The maximum absolute atomic E-state index is 10.4. The van der Waals surface area contributed by atoms with Gasteiger partial charge in [0.1, 0.15) is 0 Å². The number of benzene rings is 2. The van der Waals surface area contributed by atoms with Crippen LogP contribution in [0.1, 0.15) is 5.56 Å². The smallest absolute Gasteiger partial charge is 0.217 e. The Hall–Kier alpha value is -1.67. The van der Waals surface area contributed by atoms with Crippen molar-refractivity contribution in [3.8, 4) is 0 Å². The summed E-state index contributed by atoms with van der Waals surface area (Å²) in [5, 5.41) is 2.33. The van der Waals surface area contributed by atoms with Crippen molar-refractivity contribution in [1.29, 1.82) is 0 Å². The van der Waals surface area contributed by atoms with Gasteiger partial charge in [-0.05, 0) is 22.8 Å². The van der Waals surface area contributed by atoms with E-state index in [9.17, 15) is 4.79 Å². The molecule has 1 unspecified atom stereocenters. The molecule has 0 aromatic heterocycles. The topological polar surface area (TPSA) is 43.1 Å². The van der Waals surface area contributed by atoms with E-state index >= 15 is 0 Å². The molecule has 0 aliphatic heterocycles. The van der Waals surface area contributed by atoms with E-state index in [1.54, 1.807) is 6.29 Å². The van der Waals surface area contributed by atoms with Crippen LogP contribution in [0.25, 0.3) is 10.8 Å². The van der Waals surface area contributed by atoms with Gasteiger partial charge in [0, 0.05) is 0 Å². The van der Waals surface area contributed by atoms with Gasteiger partial charge in [-0.3, -0.25) is 4.79 Å². The molecule has 1 atom stereocenters. The lowest BCUT2D eigenvalue weighted by Gasteiger charge is -2.07. The molecule has 2 aromatic rings. The number of rotatable bonds is 3. The van der Waals surface area contributed by atoms with Crippen LogP contribution < -0.4 is 5.73 Å². The molecule has 0 saturated heterocycles. The average Bonchev–Trinajstić information content (AvgIpc) is 2.29. The van der Waals surface area contributed by atoms with Gasteiger partial charge in [0.05, 0.1) is 6.04 Å². The van der Waals surface area contributed by atoms with Gasteiger partial charge in [0.25, 0.3) is 0 Å². The highest BCUT2D eigenvalue weighted by molar-refractivity contribution is 5.86. The summed E-state index contributed by atoms with van der Waals surface area (Å²) < 4.78 is 0. The average molecular weight is 198 g/mol. The van der Waals surface area contributed by atoms with Crippen molar-refractivity contribution >= 4 is 17.1 Å². The third-order valence-corrected chi connectivity index (χ3v) is 2.47. The Morgan fingerprint density at radius 1 is 1.13 bits per heavy atom. The van der Waals surface area contributed by atoms with Gasteiger partial charge in [0.2, 0.25) is 6.29 Å². The summed E-state index contributed by atoms with van der Waals surface area (Å²) in [6.07, 6.45) is 2.35. The van der Waals surface area contributed by atoms with E-state index in [-0.39, 0.29) is 0 Å². The van der Waals surface area contributed by atoms with Crippen LogP contribution in [0.5, 0.6) is 0 Å². The molecule has 0 aliphatic carbocycles. The molecule has 2 nitrogen and oxygen atoms in total. The number of fused-ring (bicyclic) bond motifs is 1. The molecule has 2 heteroatoms. The third-order valence-electron chi connectivity index (χ3n) is 2.47. The second kappa shape index (κ2) is 4.24. The quantitative estimate of drug-likeness (QED) is 0.817. The Kier molecular flexibility index (Phi) is 2.79. The first kappa shape index (κ1) is 9.87. The molecular weight excluding hydrogens is 186 g/mol. The maximum atomic E-state index is 10.4. The highest BCUT2D eigenvalue weighted by atomic mass is 16.1. The van der Waals surface area contributed by atoms with E-state index < -0.39 is 6.04 Å². The van der Waals surface area contributed by atoms with Crippen LogP contribution >= 0.6 is 0 Å². The predicted octanol–water partition coefficient (Wildman–Crippen LogP) is 1.82. The van der Waals surface area contributed by atoms with E-state index in [1.165, 1.54) is 5.39 Å². The predicted molar refractivity (Wildman–Crippen MR) is 61.3 cm³/mol. The molecular formula is C13H12NO. The molecule has 2 rings (SSSR count). The number of hydrogen-bond acceptors (Lipinski definition) is 2. The van der Waals surface area contributed by atoms with Crippen LogP contribution in [-0.2, 0) is 11.2 Å². The van der Waals surface area contributed by atoms with Crippen LogP contribution in [0.4, 0.5) is 0 Å². The van der Waals surface area contributed by atoms with Gasteiger partial charge < -0.3 is 5.73 Å². The van der Waals surface area contributed by atoms with Crippen molar-refractivity contribution in [2.75, 3.05) is 0 Å². The molecule has 0 saturated carbocycles. The van der Waals surface area contributed by atoms with Crippen molar-refractivity contribution in [1.82, 2.24) is 0 Å². The van der Waals surface area contributed by atoms with Crippen molar-refractivity contribution in [3.63, 3.8) is 0 Å². The zero-order chi connectivity index (χ0) is 10.7. The first-order valence-corrected chi connectivity index (χ1v) is 4.91. The van der Waals surface area contributed by atoms with Crippen LogP contribution in [0.2, 0.25) is 0 Å². The number of nitrogens with two attached hydrogens (primary N) is 1. The summed E-state index contributed by atoms with van der Waals surface area (Å²) in [4.78, 5) is 10.4. The van der Waals surface area contributed by atoms with Crippen molar-refractivity contribution in [3.05, 3.63) is 48.0 Å². The second-order valence-electron chi connectivity index (χ2n) is 3.57. The summed E-state index contributed by atoms with van der Waals surface area (Å²) in [6.45, 7) is 0. The van der Waals surface area contributed by atoms with Crippen molar-refractivity contribution < 1.29 is 4.79 Å². The highest BCUT2D eigenvalue weighted by Gasteiger charge is 2.05. The van der Waals surface area contributed by atoms with Gasteiger partial charge in [-0.1, -0.05) is 42.5 Å². The highest BCUT2D eigenvalue weighted by Crippen LogP contribution is 2.19. The first-order valence-electron chi connectivity index (χ1n) is 4.91. The van der Waals surface area contributed by atoms with E-state index in [1.807, 2.05) is 30.3 Å². The van der Waals surface area contributed by atoms with Crippen LogP contribution in [0.15, 0.2) is 42.5 Å². The largest absolute Gasteiger partial charge is 0.321 e. The third kappa shape index (κ3) is 2.05. The Bertz CT molecular complexity index is 473. The number of carbonyl (C=O) groups excluding carboxylic acids is 1. The van der Waals surface area contributed by atoms with Crippen LogP contribution in [0, 0.1) is 0 Å². The van der Waals surface area contributed by atoms with E-state index in [4.69, 9.17) is 5.73 Å². The Morgan fingerprint density at radius 2 is 1.87 bits per heavy atom. The summed E-state index contributed by atoms with van der Waals surface area (Å²) in [5.74, 6) is 0. The Morgan fingerprint density at radius 3 is 2.67 bits per heavy atom. The maximum Gasteiger partial charge on any atom is 0.217 e. The van der Waals surface area contributed by atoms with E-state index in [0.717, 1.165) is 10.9 Å². The summed E-state index contributed by atoms with van der Waals surface area (Å²) in [5.41, 5.74) is 6.67. The molecule has 0 amide bonds.